The van der Waals surface area contributed by atoms with E-state index in [1.54, 1.807) is 12.1 Å². The van der Waals surface area contributed by atoms with Gasteiger partial charge in [-0.25, -0.2) is 4.79 Å². The normalized spacial score (nSPS) is 15.3. The lowest BCUT2D eigenvalue weighted by Crippen LogP contribution is -2.35. The van der Waals surface area contributed by atoms with Crippen molar-refractivity contribution in [2.75, 3.05) is 33.3 Å². The van der Waals surface area contributed by atoms with Crippen LogP contribution in [0, 0.1) is 0 Å². The summed E-state index contributed by atoms with van der Waals surface area (Å²) in [5.74, 6) is -0.212. The standard InChI is InChI=1S/C21H24N2O3/c1-26-21(25)19-10-8-17(9-11-19)16-22-12-5-13-23(15-14-22)20(24)18-6-3-2-4-7-18/h2-4,6-11H,5,12-16H2,1H3. The minimum absolute atomic E-state index is 0.106. The van der Waals surface area contributed by atoms with E-state index in [2.05, 4.69) is 4.90 Å². The zero-order chi connectivity index (χ0) is 18.4. The zero-order valence-electron chi connectivity index (χ0n) is 15.1. The van der Waals surface area contributed by atoms with Crippen molar-refractivity contribution in [3.8, 4) is 0 Å². The molecule has 0 N–H and O–H groups in total. The highest BCUT2D eigenvalue weighted by molar-refractivity contribution is 5.94. The van der Waals surface area contributed by atoms with Gasteiger partial charge in [-0.1, -0.05) is 30.3 Å². The number of benzene rings is 2. The summed E-state index contributed by atoms with van der Waals surface area (Å²) in [5.41, 5.74) is 2.46. The van der Waals surface area contributed by atoms with Gasteiger partial charge >= 0.3 is 5.97 Å². The molecular formula is C21H24N2O3. The van der Waals surface area contributed by atoms with Crippen LogP contribution < -0.4 is 0 Å². The van der Waals surface area contributed by atoms with E-state index in [1.165, 1.54) is 7.11 Å². The molecule has 1 saturated heterocycles. The lowest BCUT2D eigenvalue weighted by Gasteiger charge is -2.22. The van der Waals surface area contributed by atoms with E-state index in [1.807, 2.05) is 47.4 Å². The number of carbonyl (C=O) groups excluding carboxylic acids is 2. The summed E-state index contributed by atoms with van der Waals surface area (Å²) in [6, 6.07) is 17.0. The first-order valence-electron chi connectivity index (χ1n) is 8.91. The third kappa shape index (κ3) is 4.49. The second kappa shape index (κ2) is 8.63. The fraction of sp³-hybridized carbons (Fsp3) is 0.333. The number of esters is 1. The summed E-state index contributed by atoms with van der Waals surface area (Å²) in [5, 5.41) is 0. The number of rotatable bonds is 4. The van der Waals surface area contributed by atoms with Crippen molar-refractivity contribution in [2.45, 2.75) is 13.0 Å². The first-order chi connectivity index (χ1) is 12.7. The summed E-state index contributed by atoms with van der Waals surface area (Å²) >= 11 is 0. The predicted molar refractivity (Wildman–Crippen MR) is 100 cm³/mol. The summed E-state index contributed by atoms with van der Waals surface area (Å²) in [6.45, 7) is 4.13. The molecule has 1 aliphatic rings. The largest absolute Gasteiger partial charge is 0.465 e. The van der Waals surface area contributed by atoms with Gasteiger partial charge in [-0.15, -0.1) is 0 Å². The van der Waals surface area contributed by atoms with Gasteiger partial charge in [0.2, 0.25) is 0 Å². The first-order valence-corrected chi connectivity index (χ1v) is 8.91. The molecule has 0 aliphatic carbocycles. The van der Waals surface area contributed by atoms with Crippen LogP contribution in [-0.2, 0) is 11.3 Å². The van der Waals surface area contributed by atoms with E-state index in [0.29, 0.717) is 5.56 Å². The number of amides is 1. The van der Waals surface area contributed by atoms with Crippen molar-refractivity contribution in [3.05, 3.63) is 71.3 Å². The number of nitrogens with zero attached hydrogens (tertiary/aromatic N) is 2. The monoisotopic (exact) mass is 352 g/mol. The van der Waals surface area contributed by atoms with Gasteiger partial charge in [-0.2, -0.15) is 0 Å². The van der Waals surface area contributed by atoms with Crippen LogP contribution in [0.2, 0.25) is 0 Å². The fourth-order valence-electron chi connectivity index (χ4n) is 3.22. The lowest BCUT2D eigenvalue weighted by atomic mass is 10.1. The maximum absolute atomic E-state index is 12.6. The Morgan fingerprint density at radius 1 is 0.885 bits per heavy atom. The number of hydrogen-bond donors (Lipinski definition) is 0. The smallest absolute Gasteiger partial charge is 0.337 e. The first kappa shape index (κ1) is 18.1. The average Bonchev–Trinajstić information content (AvgIpc) is 2.93. The Balaban J connectivity index is 1.57. The van der Waals surface area contributed by atoms with Gasteiger partial charge in [0.15, 0.2) is 0 Å². The highest BCUT2D eigenvalue weighted by Gasteiger charge is 2.20. The van der Waals surface area contributed by atoms with Gasteiger partial charge in [-0.05, 0) is 36.2 Å². The molecule has 1 aliphatic heterocycles. The van der Waals surface area contributed by atoms with Crippen LogP contribution in [0.5, 0.6) is 0 Å². The molecule has 136 valence electrons. The molecule has 0 saturated carbocycles. The van der Waals surface area contributed by atoms with Gasteiger partial charge in [0.05, 0.1) is 12.7 Å². The van der Waals surface area contributed by atoms with E-state index in [0.717, 1.165) is 50.3 Å². The third-order valence-electron chi connectivity index (χ3n) is 4.68. The van der Waals surface area contributed by atoms with Crippen molar-refractivity contribution in [1.82, 2.24) is 9.80 Å². The lowest BCUT2D eigenvalue weighted by molar-refractivity contribution is 0.0600. The van der Waals surface area contributed by atoms with Crippen LogP contribution in [-0.4, -0.2) is 55.0 Å². The summed E-state index contributed by atoms with van der Waals surface area (Å²) in [4.78, 5) is 28.4. The van der Waals surface area contributed by atoms with E-state index in [-0.39, 0.29) is 11.9 Å². The van der Waals surface area contributed by atoms with E-state index in [4.69, 9.17) is 4.74 Å². The summed E-state index contributed by atoms with van der Waals surface area (Å²) in [7, 11) is 1.38. The van der Waals surface area contributed by atoms with Crippen LogP contribution in [0.25, 0.3) is 0 Å². The molecule has 5 heteroatoms. The Labute approximate surface area is 154 Å². The van der Waals surface area contributed by atoms with Gasteiger partial charge in [-0.3, -0.25) is 9.69 Å². The van der Waals surface area contributed by atoms with Crippen LogP contribution in [0.1, 0.15) is 32.7 Å². The van der Waals surface area contributed by atoms with Crippen molar-refractivity contribution in [3.63, 3.8) is 0 Å². The van der Waals surface area contributed by atoms with Crippen molar-refractivity contribution >= 4 is 11.9 Å². The second-order valence-corrected chi connectivity index (χ2v) is 6.48. The molecule has 0 radical (unpaired) electrons. The number of methoxy groups -OCH3 is 1. The molecule has 0 unspecified atom stereocenters. The minimum Gasteiger partial charge on any atom is -0.465 e. The van der Waals surface area contributed by atoms with Gasteiger partial charge in [0.1, 0.15) is 0 Å². The summed E-state index contributed by atoms with van der Waals surface area (Å²) in [6.07, 6.45) is 0.957. The maximum Gasteiger partial charge on any atom is 0.337 e. The van der Waals surface area contributed by atoms with E-state index >= 15 is 0 Å². The molecule has 0 aromatic heterocycles. The van der Waals surface area contributed by atoms with Crippen LogP contribution in [0.3, 0.4) is 0 Å². The Hall–Kier alpha value is -2.66. The minimum atomic E-state index is -0.318. The maximum atomic E-state index is 12.6. The van der Waals surface area contributed by atoms with Crippen molar-refractivity contribution < 1.29 is 14.3 Å². The van der Waals surface area contributed by atoms with Gasteiger partial charge < -0.3 is 9.64 Å². The van der Waals surface area contributed by atoms with Crippen LogP contribution in [0.15, 0.2) is 54.6 Å². The van der Waals surface area contributed by atoms with Gasteiger partial charge in [0.25, 0.3) is 5.91 Å². The molecule has 0 bridgehead atoms. The molecule has 1 heterocycles. The molecule has 3 rings (SSSR count). The Kier molecular flexibility index (Phi) is 6.02. The predicted octanol–water partition coefficient (Wildman–Crippen LogP) is 2.82. The molecule has 26 heavy (non-hydrogen) atoms. The van der Waals surface area contributed by atoms with Crippen LogP contribution >= 0.6 is 0 Å². The molecule has 0 spiro atoms. The van der Waals surface area contributed by atoms with E-state index in [9.17, 15) is 9.59 Å². The quantitative estimate of drug-likeness (QED) is 0.794. The molecule has 1 amide bonds. The number of carbonyl (C=O) groups is 2. The molecule has 2 aromatic carbocycles. The average molecular weight is 352 g/mol. The SMILES string of the molecule is COC(=O)c1ccc(CN2CCCN(C(=O)c3ccccc3)CC2)cc1. The second-order valence-electron chi connectivity index (χ2n) is 6.48. The third-order valence-corrected chi connectivity index (χ3v) is 4.68. The number of ether oxygens (including phenoxy) is 1. The Bertz CT molecular complexity index is 744. The van der Waals surface area contributed by atoms with E-state index < -0.39 is 0 Å². The molecule has 0 atom stereocenters. The highest BCUT2D eigenvalue weighted by atomic mass is 16.5. The van der Waals surface area contributed by atoms with Gasteiger partial charge in [0, 0.05) is 38.3 Å². The number of hydrogen-bond acceptors (Lipinski definition) is 4. The zero-order valence-corrected chi connectivity index (χ0v) is 15.1. The Morgan fingerprint density at radius 3 is 2.31 bits per heavy atom. The molecule has 1 fully saturated rings. The Morgan fingerprint density at radius 2 is 1.62 bits per heavy atom. The van der Waals surface area contributed by atoms with Crippen molar-refractivity contribution in [2.24, 2.45) is 0 Å². The highest BCUT2D eigenvalue weighted by Crippen LogP contribution is 2.13. The van der Waals surface area contributed by atoms with Crippen LogP contribution in [0.4, 0.5) is 0 Å². The molecular weight excluding hydrogens is 328 g/mol. The molecule has 2 aromatic rings. The van der Waals surface area contributed by atoms with Crippen molar-refractivity contribution in [1.29, 1.82) is 0 Å². The topological polar surface area (TPSA) is 49.9 Å². The summed E-state index contributed by atoms with van der Waals surface area (Å²) < 4.78 is 4.73. The molecule has 5 nitrogen and oxygen atoms in total. The fourth-order valence-corrected chi connectivity index (χ4v) is 3.22.